The van der Waals surface area contributed by atoms with E-state index < -0.39 is 0 Å². The number of carbonyl (C=O) groups is 1. The van der Waals surface area contributed by atoms with Gasteiger partial charge in [0.25, 0.3) is 0 Å². The molecule has 3 heterocycles. The van der Waals surface area contributed by atoms with E-state index in [2.05, 4.69) is 32.0 Å². The number of pyridine rings is 1. The van der Waals surface area contributed by atoms with E-state index in [0.717, 1.165) is 71.3 Å². The normalized spacial score (nSPS) is 33.9. The summed E-state index contributed by atoms with van der Waals surface area (Å²) >= 11 is 0. The minimum Gasteiger partial charge on any atom is -0.350 e. The fraction of sp³-hybridized carbons (Fsp3) is 0.643. The number of hydrogen-bond donors (Lipinski definition) is 2. The van der Waals surface area contributed by atoms with Gasteiger partial charge in [0.1, 0.15) is 17.0 Å². The molecule has 0 atom stereocenters. The van der Waals surface area contributed by atoms with Crippen LogP contribution in [-0.2, 0) is 11.2 Å². The predicted molar refractivity (Wildman–Crippen MR) is 133 cm³/mol. The topological polar surface area (TPSA) is 99.4 Å². The molecule has 2 N–H and O–H groups in total. The molecule has 0 spiro atoms. The molecule has 3 aromatic heterocycles. The zero-order valence-electron chi connectivity index (χ0n) is 20.3. The van der Waals surface area contributed by atoms with E-state index in [9.17, 15) is 4.79 Å². The van der Waals surface area contributed by atoms with Gasteiger partial charge in [0.15, 0.2) is 0 Å². The van der Waals surface area contributed by atoms with Crippen molar-refractivity contribution < 1.29 is 4.79 Å². The quantitative estimate of drug-likeness (QED) is 0.536. The molecule has 5 aliphatic carbocycles. The second-order valence-corrected chi connectivity index (χ2v) is 12.1. The number of H-pyrrole nitrogens is 1. The lowest BCUT2D eigenvalue weighted by atomic mass is 9.53. The van der Waals surface area contributed by atoms with Crippen molar-refractivity contribution in [1.82, 2.24) is 24.8 Å². The molecule has 5 saturated carbocycles. The molecule has 3 aromatic rings. The second-order valence-electron chi connectivity index (χ2n) is 12.1. The smallest absolute Gasteiger partial charge is 0.228 e. The van der Waals surface area contributed by atoms with Crippen LogP contribution >= 0.6 is 0 Å². The standard InChI is InChI=1S/C28H34N6O/c29-7-5-17-1-3-21(4-2-17)34-24(32-23-16-31-27-22(26(23)34)6-8-30-27)12-25(35)33-28-13-18-9-19(14-28)11-20(10-18)15-28/h6,8,16-21H,1-5,9-15H2,(H,30,31)(H,33,35)/t17-,18?,19?,20?,21-,28?. The Bertz CT molecular complexity index is 1290. The van der Waals surface area contributed by atoms with E-state index in [1.165, 1.54) is 38.5 Å². The van der Waals surface area contributed by atoms with Crippen LogP contribution in [0.3, 0.4) is 0 Å². The third-order valence-corrected chi connectivity index (χ3v) is 9.63. The van der Waals surface area contributed by atoms with Gasteiger partial charge in [0, 0.05) is 29.6 Å². The van der Waals surface area contributed by atoms with Crippen LogP contribution in [0.15, 0.2) is 18.5 Å². The van der Waals surface area contributed by atoms with E-state index in [-0.39, 0.29) is 11.4 Å². The highest BCUT2D eigenvalue weighted by molar-refractivity contribution is 6.01. The first-order valence-electron chi connectivity index (χ1n) is 13.6. The molecule has 8 rings (SSSR count). The monoisotopic (exact) mass is 470 g/mol. The highest BCUT2D eigenvalue weighted by atomic mass is 16.1. The fourth-order valence-corrected chi connectivity index (χ4v) is 8.64. The second kappa shape index (κ2) is 8.08. The van der Waals surface area contributed by atoms with Crippen molar-refractivity contribution in [2.45, 2.75) is 88.6 Å². The lowest BCUT2D eigenvalue weighted by Gasteiger charge is -2.56. The zero-order valence-corrected chi connectivity index (χ0v) is 20.3. The molecule has 0 unspecified atom stereocenters. The summed E-state index contributed by atoms with van der Waals surface area (Å²) in [6.07, 6.45) is 16.5. The van der Waals surface area contributed by atoms with Gasteiger partial charge in [-0.1, -0.05) is 0 Å². The summed E-state index contributed by atoms with van der Waals surface area (Å²) in [6, 6.07) is 4.73. The summed E-state index contributed by atoms with van der Waals surface area (Å²) in [5.41, 5.74) is 2.85. The van der Waals surface area contributed by atoms with Crippen molar-refractivity contribution in [3.63, 3.8) is 0 Å². The number of aromatic nitrogens is 4. The molecule has 5 aliphatic rings. The minimum atomic E-state index is 0.0213. The van der Waals surface area contributed by atoms with Gasteiger partial charge in [-0.25, -0.2) is 9.97 Å². The molecular weight excluding hydrogens is 436 g/mol. The highest BCUT2D eigenvalue weighted by Crippen LogP contribution is 2.55. The van der Waals surface area contributed by atoms with Crippen LogP contribution in [-0.4, -0.2) is 31.0 Å². The Morgan fingerprint density at radius 1 is 1.14 bits per heavy atom. The van der Waals surface area contributed by atoms with Gasteiger partial charge in [-0.05, 0) is 93.9 Å². The number of amides is 1. The molecule has 0 aliphatic heterocycles. The van der Waals surface area contributed by atoms with Gasteiger partial charge in [-0.2, -0.15) is 5.26 Å². The van der Waals surface area contributed by atoms with Crippen LogP contribution < -0.4 is 5.32 Å². The van der Waals surface area contributed by atoms with Crippen LogP contribution in [0.25, 0.3) is 22.1 Å². The van der Waals surface area contributed by atoms with Crippen LogP contribution in [0.1, 0.15) is 82.5 Å². The van der Waals surface area contributed by atoms with Gasteiger partial charge in [0.2, 0.25) is 5.91 Å². The molecular formula is C28H34N6O. The van der Waals surface area contributed by atoms with E-state index in [1.807, 2.05) is 12.4 Å². The van der Waals surface area contributed by atoms with Crippen molar-refractivity contribution in [3.05, 3.63) is 24.3 Å². The Hall–Kier alpha value is -2.88. The molecule has 7 nitrogen and oxygen atoms in total. The molecule has 0 saturated heterocycles. The maximum atomic E-state index is 13.5. The largest absolute Gasteiger partial charge is 0.350 e. The number of fused-ring (bicyclic) bond motifs is 3. The van der Waals surface area contributed by atoms with Crippen LogP contribution in [0.5, 0.6) is 0 Å². The average Bonchev–Trinajstić information content (AvgIpc) is 3.42. The fourth-order valence-electron chi connectivity index (χ4n) is 8.64. The van der Waals surface area contributed by atoms with Crippen molar-refractivity contribution in [2.75, 3.05) is 0 Å². The summed E-state index contributed by atoms with van der Waals surface area (Å²) in [7, 11) is 0. The van der Waals surface area contributed by atoms with Gasteiger partial charge in [0.05, 0.1) is 24.2 Å². The summed E-state index contributed by atoms with van der Waals surface area (Å²) in [5, 5.41) is 13.8. The van der Waals surface area contributed by atoms with Crippen molar-refractivity contribution in [2.24, 2.45) is 23.7 Å². The summed E-state index contributed by atoms with van der Waals surface area (Å²) in [6.45, 7) is 0. The minimum absolute atomic E-state index is 0.0213. The molecule has 0 radical (unpaired) electrons. The number of nitrogens with zero attached hydrogens (tertiary/aromatic N) is 4. The van der Waals surface area contributed by atoms with E-state index >= 15 is 0 Å². The van der Waals surface area contributed by atoms with Gasteiger partial charge in [-0.3, -0.25) is 4.79 Å². The maximum Gasteiger partial charge on any atom is 0.228 e. The number of rotatable bonds is 5. The highest BCUT2D eigenvalue weighted by Gasteiger charge is 2.51. The number of nitrogens with one attached hydrogen (secondary N) is 2. The Labute approximate surface area is 205 Å². The lowest BCUT2D eigenvalue weighted by Crippen LogP contribution is -2.60. The van der Waals surface area contributed by atoms with Gasteiger partial charge in [-0.15, -0.1) is 0 Å². The van der Waals surface area contributed by atoms with E-state index in [0.29, 0.717) is 24.8 Å². The predicted octanol–water partition coefficient (Wildman–Crippen LogP) is 5.19. The first-order valence-corrected chi connectivity index (χ1v) is 13.6. The molecule has 1 amide bonds. The Morgan fingerprint density at radius 3 is 2.54 bits per heavy atom. The number of nitriles is 1. The number of hydrogen-bond acceptors (Lipinski definition) is 4. The van der Waals surface area contributed by atoms with E-state index in [4.69, 9.17) is 10.2 Å². The molecule has 0 aromatic carbocycles. The molecule has 182 valence electrons. The van der Waals surface area contributed by atoms with Gasteiger partial charge < -0.3 is 14.9 Å². The number of imidazole rings is 1. The van der Waals surface area contributed by atoms with Crippen molar-refractivity contribution in [3.8, 4) is 6.07 Å². The van der Waals surface area contributed by atoms with Crippen LogP contribution in [0.4, 0.5) is 0 Å². The number of carbonyl (C=O) groups excluding carboxylic acids is 1. The molecule has 5 fully saturated rings. The lowest BCUT2D eigenvalue weighted by molar-refractivity contribution is -0.126. The van der Waals surface area contributed by atoms with Crippen LogP contribution in [0.2, 0.25) is 0 Å². The third-order valence-electron chi connectivity index (χ3n) is 9.63. The average molecular weight is 471 g/mol. The first-order chi connectivity index (χ1) is 17.1. The zero-order chi connectivity index (χ0) is 23.6. The van der Waals surface area contributed by atoms with Crippen molar-refractivity contribution >= 4 is 28.0 Å². The summed E-state index contributed by atoms with van der Waals surface area (Å²) in [4.78, 5) is 26.3. The first kappa shape index (κ1) is 21.4. The molecule has 7 heteroatoms. The van der Waals surface area contributed by atoms with Crippen LogP contribution in [0, 0.1) is 35.0 Å². The SMILES string of the molecule is N#CC[C@H]1CC[C@H](n2c(CC(=O)NC34CC5CC(CC(C5)C3)C4)nc3cnc4[nH]ccc4c32)CC1. The van der Waals surface area contributed by atoms with E-state index in [1.54, 1.807) is 0 Å². The molecule has 35 heavy (non-hydrogen) atoms. The third kappa shape index (κ3) is 3.64. The van der Waals surface area contributed by atoms with Crippen molar-refractivity contribution in [1.29, 1.82) is 5.26 Å². The summed E-state index contributed by atoms with van der Waals surface area (Å²) in [5.74, 6) is 3.90. The number of aromatic amines is 1. The molecule has 4 bridgehead atoms. The van der Waals surface area contributed by atoms with Gasteiger partial charge >= 0.3 is 0 Å². The Kier molecular flexibility index (Phi) is 4.94. The maximum absolute atomic E-state index is 13.5. The summed E-state index contributed by atoms with van der Waals surface area (Å²) < 4.78 is 2.36. The Morgan fingerprint density at radius 2 is 1.86 bits per heavy atom. The Balaban J connectivity index is 1.20.